The number of likely N-dealkylation sites (N-methyl/N-ethyl adjacent to an activating group) is 1. The van der Waals surface area contributed by atoms with Crippen molar-refractivity contribution in [3.05, 3.63) is 24.4 Å². The molecule has 11 heteroatoms. The molecule has 10 nitrogen and oxygen atoms in total. The van der Waals surface area contributed by atoms with Crippen molar-refractivity contribution in [2.24, 2.45) is 28.9 Å². The molecule has 212 valence electrons. The first-order valence-electron chi connectivity index (χ1n) is 13.4. The summed E-state index contributed by atoms with van der Waals surface area (Å²) in [7, 11) is 0.165. The number of rotatable bonds is 19. The van der Waals surface area contributed by atoms with Crippen molar-refractivity contribution < 1.29 is 13.3 Å². The lowest BCUT2D eigenvalue weighted by molar-refractivity contribution is -0.0870. The zero-order valence-corrected chi connectivity index (χ0v) is 24.6. The third-order valence-corrected chi connectivity index (χ3v) is 10.1. The van der Waals surface area contributed by atoms with E-state index in [1.54, 1.807) is 0 Å². The molecular weight excluding hydrogens is 474 g/mol. The molecule has 0 saturated carbocycles. The fourth-order valence-corrected chi connectivity index (χ4v) is 8.05. The van der Waals surface area contributed by atoms with Crippen molar-refractivity contribution in [2.75, 3.05) is 46.9 Å². The van der Waals surface area contributed by atoms with Crippen LogP contribution >= 0.6 is 0 Å². The van der Waals surface area contributed by atoms with Crippen molar-refractivity contribution in [1.82, 2.24) is 16.0 Å². The Bertz CT molecular complexity index is 679. The highest BCUT2D eigenvalue weighted by Gasteiger charge is 2.64. The monoisotopic (exact) mass is 529 g/mol. The Hall–Kier alpha value is -0.863. The molecule has 5 unspecified atom stereocenters. The van der Waals surface area contributed by atoms with E-state index in [1.807, 2.05) is 59.3 Å². The van der Waals surface area contributed by atoms with Gasteiger partial charge in [0.05, 0.1) is 12.2 Å². The minimum absolute atomic E-state index is 0.0850. The number of dihydropyridines is 1. The Morgan fingerprint density at radius 2 is 1.81 bits per heavy atom. The molecule has 0 aliphatic carbocycles. The molecule has 1 heterocycles. The van der Waals surface area contributed by atoms with Crippen LogP contribution in [0.1, 0.15) is 59.8 Å². The van der Waals surface area contributed by atoms with E-state index in [1.165, 1.54) is 0 Å². The van der Waals surface area contributed by atoms with E-state index in [9.17, 15) is 0 Å². The molecule has 5 atom stereocenters. The maximum Gasteiger partial charge on any atom is 0.535 e. The molecule has 1 aliphatic heterocycles. The molecule has 0 saturated heterocycles. The lowest BCUT2D eigenvalue weighted by Gasteiger charge is -2.51. The molecule has 36 heavy (non-hydrogen) atoms. The van der Waals surface area contributed by atoms with Gasteiger partial charge in [-0.25, -0.2) is 0 Å². The topological polar surface area (TPSA) is 168 Å². The normalized spacial score (nSPS) is 23.1. The Morgan fingerprint density at radius 1 is 1.08 bits per heavy atom. The summed E-state index contributed by atoms with van der Waals surface area (Å²) in [6, 6.07) is 0.0850. The Balaban J connectivity index is 3.60. The summed E-state index contributed by atoms with van der Waals surface area (Å²) < 4.78 is 20.8. The van der Waals surface area contributed by atoms with Crippen LogP contribution in [0.25, 0.3) is 0 Å². The number of hydrogen-bond acceptors (Lipinski definition) is 10. The van der Waals surface area contributed by atoms with Gasteiger partial charge in [0.25, 0.3) is 0 Å². The van der Waals surface area contributed by atoms with E-state index >= 15 is 0 Å². The number of allylic oxidation sites excluding steroid dienone is 2. The van der Waals surface area contributed by atoms with Gasteiger partial charge < -0.3 is 52.2 Å². The molecule has 1 rings (SSSR count). The quantitative estimate of drug-likeness (QED) is 0.0932. The van der Waals surface area contributed by atoms with Crippen LogP contribution in [0.2, 0.25) is 0 Å². The molecular formula is C25H55N7O3Si. The predicted molar refractivity (Wildman–Crippen MR) is 151 cm³/mol. The smallest absolute Gasteiger partial charge is 0.377 e. The number of hydrogen-bond donors (Lipinski definition) is 7. The van der Waals surface area contributed by atoms with Gasteiger partial charge in [-0.2, -0.15) is 0 Å². The van der Waals surface area contributed by atoms with Crippen molar-refractivity contribution in [2.45, 2.75) is 82.3 Å². The minimum atomic E-state index is -3.71. The van der Waals surface area contributed by atoms with E-state index in [-0.39, 0.29) is 18.5 Å². The summed E-state index contributed by atoms with van der Waals surface area (Å²) >= 11 is 0. The summed E-state index contributed by atoms with van der Waals surface area (Å²) in [5.74, 6) is 0.122. The van der Waals surface area contributed by atoms with Crippen molar-refractivity contribution in [3.8, 4) is 0 Å². The van der Waals surface area contributed by atoms with Crippen LogP contribution in [-0.2, 0) is 13.3 Å². The molecule has 0 amide bonds. The molecule has 1 aliphatic rings. The number of nitrogens with one attached hydrogen (secondary N) is 3. The van der Waals surface area contributed by atoms with Crippen LogP contribution in [0.3, 0.4) is 0 Å². The summed E-state index contributed by atoms with van der Waals surface area (Å²) in [4.78, 5) is 0. The zero-order chi connectivity index (χ0) is 27.3. The zero-order valence-electron chi connectivity index (χ0n) is 23.6. The average Bonchev–Trinajstić information content (AvgIpc) is 2.83. The van der Waals surface area contributed by atoms with Gasteiger partial charge in [-0.05, 0) is 98.4 Å². The third kappa shape index (κ3) is 9.79. The molecule has 0 aromatic heterocycles. The SMILES string of the molecule is CCCC(N)(CC(CN)CCN)O[Si](OCC(CCNC)NC)(OC(C)(C)C)C1(CN)C=CC=CN1. The second-order valence-corrected chi connectivity index (χ2v) is 13.5. The minimum Gasteiger partial charge on any atom is -0.377 e. The Morgan fingerprint density at radius 3 is 2.28 bits per heavy atom. The van der Waals surface area contributed by atoms with Crippen molar-refractivity contribution >= 4 is 8.80 Å². The van der Waals surface area contributed by atoms with Crippen molar-refractivity contribution in [3.63, 3.8) is 0 Å². The van der Waals surface area contributed by atoms with Gasteiger partial charge in [-0.1, -0.05) is 25.5 Å². The Labute approximate surface area is 220 Å². The maximum atomic E-state index is 7.08. The van der Waals surface area contributed by atoms with Gasteiger partial charge in [0.2, 0.25) is 0 Å². The molecule has 0 aromatic rings. The summed E-state index contributed by atoms with van der Waals surface area (Å²) in [5.41, 5.74) is 23.9. The molecule has 11 N–H and O–H groups in total. The molecule has 0 bridgehead atoms. The van der Waals surface area contributed by atoms with Gasteiger partial charge in [0.1, 0.15) is 10.9 Å². The van der Waals surface area contributed by atoms with Crippen LogP contribution in [-0.4, -0.2) is 78.2 Å². The van der Waals surface area contributed by atoms with Gasteiger partial charge in [-0.3, -0.25) is 0 Å². The maximum absolute atomic E-state index is 7.08. The van der Waals surface area contributed by atoms with E-state index in [0.29, 0.717) is 32.5 Å². The van der Waals surface area contributed by atoms with Gasteiger partial charge in [-0.15, -0.1) is 0 Å². The first-order valence-corrected chi connectivity index (χ1v) is 15.1. The van der Waals surface area contributed by atoms with E-state index in [4.69, 9.17) is 36.2 Å². The molecule has 0 spiro atoms. The first-order chi connectivity index (χ1) is 17.0. The van der Waals surface area contributed by atoms with Gasteiger partial charge in [0.15, 0.2) is 0 Å². The molecule has 0 radical (unpaired) electrons. The molecule has 0 fully saturated rings. The van der Waals surface area contributed by atoms with Crippen LogP contribution in [0.15, 0.2) is 24.4 Å². The largest absolute Gasteiger partial charge is 0.535 e. The second-order valence-electron chi connectivity index (χ2n) is 10.8. The summed E-state index contributed by atoms with van der Waals surface area (Å²) in [5, 5.41) is 9.12. The van der Waals surface area contributed by atoms with Crippen LogP contribution in [0.5, 0.6) is 0 Å². The fourth-order valence-electron chi connectivity index (χ4n) is 4.51. The summed E-state index contributed by atoms with van der Waals surface area (Å²) in [6.07, 6.45) is 11.4. The lowest BCUT2D eigenvalue weighted by atomic mass is 9.92. The predicted octanol–water partition coefficient (Wildman–Crippen LogP) is 0.650. The summed E-state index contributed by atoms with van der Waals surface area (Å²) in [6.45, 7) is 10.6. The van der Waals surface area contributed by atoms with Crippen LogP contribution < -0.4 is 38.9 Å². The highest BCUT2D eigenvalue weighted by Crippen LogP contribution is 2.37. The molecule has 0 aromatic carbocycles. The second kappa shape index (κ2) is 15.5. The van der Waals surface area contributed by atoms with Crippen LogP contribution in [0, 0.1) is 5.92 Å². The third-order valence-electron chi connectivity index (χ3n) is 6.42. The first kappa shape index (κ1) is 33.2. The van der Waals surface area contributed by atoms with E-state index in [2.05, 4.69) is 22.9 Å². The van der Waals surface area contributed by atoms with Crippen LogP contribution in [0.4, 0.5) is 0 Å². The van der Waals surface area contributed by atoms with Gasteiger partial charge >= 0.3 is 8.80 Å². The number of nitrogens with two attached hydrogens (primary N) is 4. The highest BCUT2D eigenvalue weighted by atomic mass is 28.4. The lowest BCUT2D eigenvalue weighted by Crippen LogP contribution is -2.77. The van der Waals surface area contributed by atoms with E-state index < -0.39 is 25.3 Å². The van der Waals surface area contributed by atoms with Gasteiger partial charge in [0, 0.05) is 12.6 Å². The highest BCUT2D eigenvalue weighted by molar-refractivity contribution is 6.65. The standard InChI is InChI=1S/C25H55N7O3Si/c1-7-12-24(29,17-21(18-27)10-14-26)35-36(34-23(2,3)4,25(20-28)13-8-9-15-32-25)33-19-22(31-6)11-16-30-5/h8-9,13,15,21-22,30-32H,7,10-12,14,16-20,26-29H2,1-6H3. The van der Waals surface area contributed by atoms with Crippen molar-refractivity contribution in [1.29, 1.82) is 0 Å². The fraction of sp³-hybridized carbons (Fsp3) is 0.840. The Kier molecular flexibility index (Phi) is 14.3. The van der Waals surface area contributed by atoms with E-state index in [0.717, 1.165) is 25.8 Å². The average molecular weight is 530 g/mol.